The lowest BCUT2D eigenvalue weighted by Crippen LogP contribution is -2.32. The number of esters is 1. The Morgan fingerprint density at radius 1 is 1.03 bits per heavy atom. The molecule has 3 rings (SSSR count). The number of primary amides is 1. The summed E-state index contributed by atoms with van der Waals surface area (Å²) in [6.07, 6.45) is 5.20. The van der Waals surface area contributed by atoms with Crippen LogP contribution in [0.5, 0.6) is 5.75 Å². The summed E-state index contributed by atoms with van der Waals surface area (Å²) in [5, 5.41) is 0. The second-order valence-electron chi connectivity index (χ2n) is 9.52. The Kier molecular flexibility index (Phi) is 9.58. The minimum absolute atomic E-state index is 0.0871. The number of nitrogens with zero attached hydrogens (tertiary/aromatic N) is 1. The molecule has 0 saturated carbocycles. The fourth-order valence-electron chi connectivity index (χ4n) is 5.09. The normalized spacial score (nSPS) is 15.5. The minimum atomic E-state index is -0.549. The second kappa shape index (κ2) is 12.6. The van der Waals surface area contributed by atoms with E-state index in [1.54, 1.807) is 19.1 Å². The van der Waals surface area contributed by atoms with Crippen molar-refractivity contribution in [1.29, 1.82) is 0 Å². The molecule has 2 aromatic carbocycles. The maximum Gasteiger partial charge on any atom is 0.341 e. The van der Waals surface area contributed by atoms with E-state index < -0.39 is 11.9 Å². The van der Waals surface area contributed by atoms with E-state index in [0.717, 1.165) is 37.1 Å². The summed E-state index contributed by atoms with van der Waals surface area (Å²) in [7, 11) is 0. The number of ether oxygens (including phenoxy) is 2. The van der Waals surface area contributed by atoms with Gasteiger partial charge in [0, 0.05) is 24.7 Å². The van der Waals surface area contributed by atoms with Gasteiger partial charge in [-0.15, -0.1) is 0 Å². The number of anilines is 1. The van der Waals surface area contributed by atoms with Gasteiger partial charge in [-0.3, -0.25) is 4.79 Å². The Morgan fingerprint density at radius 2 is 1.74 bits per heavy atom. The first-order valence-corrected chi connectivity index (χ1v) is 13.0. The molecule has 2 aromatic rings. The summed E-state index contributed by atoms with van der Waals surface area (Å²) >= 11 is 0. The Hall–Kier alpha value is -3.02. The van der Waals surface area contributed by atoms with Crippen molar-refractivity contribution in [2.75, 3.05) is 24.6 Å². The highest BCUT2D eigenvalue weighted by Gasteiger charge is 2.32. The third-order valence-electron chi connectivity index (χ3n) is 6.56. The molecule has 0 aromatic heterocycles. The van der Waals surface area contributed by atoms with E-state index in [1.807, 2.05) is 26.0 Å². The lowest BCUT2D eigenvalue weighted by molar-refractivity contribution is -0.120. The van der Waals surface area contributed by atoms with Crippen LogP contribution < -0.4 is 15.4 Å². The monoisotopic (exact) mass is 480 g/mol. The van der Waals surface area contributed by atoms with E-state index in [9.17, 15) is 9.59 Å². The smallest absolute Gasteiger partial charge is 0.341 e. The van der Waals surface area contributed by atoms with Gasteiger partial charge in [0.2, 0.25) is 5.91 Å². The van der Waals surface area contributed by atoms with Crippen molar-refractivity contribution < 1.29 is 19.1 Å². The van der Waals surface area contributed by atoms with E-state index in [4.69, 9.17) is 15.2 Å². The second-order valence-corrected chi connectivity index (χ2v) is 9.52. The van der Waals surface area contributed by atoms with Gasteiger partial charge < -0.3 is 20.1 Å². The Balaban J connectivity index is 2.08. The number of carbonyl (C=O) groups is 2. The van der Waals surface area contributed by atoms with Crippen LogP contribution in [-0.4, -0.2) is 37.7 Å². The molecule has 1 aliphatic heterocycles. The third kappa shape index (κ3) is 6.56. The van der Waals surface area contributed by atoms with Crippen LogP contribution in [0.15, 0.2) is 42.5 Å². The predicted octanol–water partition coefficient (Wildman–Crippen LogP) is 5.79. The van der Waals surface area contributed by atoms with Gasteiger partial charge in [-0.25, -0.2) is 4.79 Å². The Bertz CT molecular complexity index is 998. The molecular weight excluding hydrogens is 440 g/mol. The zero-order chi connectivity index (χ0) is 25.4. The molecule has 1 heterocycles. The molecule has 1 saturated heterocycles. The molecule has 0 bridgehead atoms. The molecule has 0 radical (unpaired) electrons. The van der Waals surface area contributed by atoms with Crippen molar-refractivity contribution in [3.05, 3.63) is 59.2 Å². The van der Waals surface area contributed by atoms with Gasteiger partial charge in [-0.05, 0) is 75.8 Å². The van der Waals surface area contributed by atoms with Gasteiger partial charge in [-0.2, -0.15) is 0 Å². The molecule has 6 nitrogen and oxygen atoms in total. The molecule has 6 heteroatoms. The van der Waals surface area contributed by atoms with E-state index in [0.29, 0.717) is 11.3 Å². The number of hydrogen-bond donors (Lipinski definition) is 1. The molecule has 1 aliphatic rings. The molecule has 0 aliphatic carbocycles. The van der Waals surface area contributed by atoms with Crippen LogP contribution in [-0.2, 0) is 9.53 Å². The molecule has 2 N–H and O–H groups in total. The number of hydrogen-bond acceptors (Lipinski definition) is 5. The fraction of sp³-hybridized carbons (Fsp3) is 0.517. The first kappa shape index (κ1) is 26.6. The summed E-state index contributed by atoms with van der Waals surface area (Å²) in [6.45, 7) is 10.0. The number of piperidine rings is 1. The number of rotatable bonds is 11. The summed E-state index contributed by atoms with van der Waals surface area (Å²) in [5.41, 5.74) is 9.54. The average molecular weight is 481 g/mol. The zero-order valence-corrected chi connectivity index (χ0v) is 21.6. The van der Waals surface area contributed by atoms with Crippen LogP contribution in [0.4, 0.5) is 5.69 Å². The Labute approximate surface area is 209 Å². The van der Waals surface area contributed by atoms with Crippen molar-refractivity contribution in [3.8, 4) is 5.75 Å². The highest BCUT2D eigenvalue weighted by atomic mass is 16.5. The third-order valence-corrected chi connectivity index (χ3v) is 6.56. The van der Waals surface area contributed by atoms with Gasteiger partial charge >= 0.3 is 5.97 Å². The first-order chi connectivity index (χ1) is 16.9. The fourth-order valence-corrected chi connectivity index (χ4v) is 5.09. The van der Waals surface area contributed by atoms with Gasteiger partial charge in [0.15, 0.2) is 0 Å². The van der Waals surface area contributed by atoms with Gasteiger partial charge in [0.05, 0.1) is 18.6 Å². The maximum atomic E-state index is 13.0. The highest BCUT2D eigenvalue weighted by molar-refractivity contribution is 5.93. The largest absolute Gasteiger partial charge is 0.490 e. The number of amides is 1. The van der Waals surface area contributed by atoms with E-state index in [-0.39, 0.29) is 24.5 Å². The van der Waals surface area contributed by atoms with Crippen LogP contribution in [0, 0.1) is 0 Å². The maximum absolute atomic E-state index is 13.0. The quantitative estimate of drug-likeness (QED) is 0.412. The van der Waals surface area contributed by atoms with Crippen LogP contribution in [0.1, 0.15) is 93.1 Å². The highest BCUT2D eigenvalue weighted by Crippen LogP contribution is 2.42. The number of benzene rings is 2. The van der Waals surface area contributed by atoms with Crippen molar-refractivity contribution in [2.24, 2.45) is 5.73 Å². The van der Waals surface area contributed by atoms with Crippen molar-refractivity contribution >= 4 is 17.6 Å². The summed E-state index contributed by atoms with van der Waals surface area (Å²) in [5.74, 6) is -1.04. The average Bonchev–Trinajstić information content (AvgIpc) is 2.84. The Morgan fingerprint density at radius 3 is 2.37 bits per heavy atom. The molecule has 2 unspecified atom stereocenters. The van der Waals surface area contributed by atoms with E-state index in [1.165, 1.54) is 24.9 Å². The summed E-state index contributed by atoms with van der Waals surface area (Å²) < 4.78 is 11.2. The van der Waals surface area contributed by atoms with Crippen LogP contribution in [0.25, 0.3) is 0 Å². The van der Waals surface area contributed by atoms with Crippen LogP contribution in [0.2, 0.25) is 0 Å². The molecule has 1 amide bonds. The van der Waals surface area contributed by atoms with E-state index >= 15 is 0 Å². The SMILES string of the molecule is CCCC(c1ccccc1N1CCCCC1)C(C(N)=O)c1ccc(C(=O)OCC)c(OC(C)C)c1. The standard InChI is InChI=1S/C29H40N2O4/c1-5-12-23(22-13-8-9-14-25(22)31-17-10-7-11-18-31)27(28(30)32)21-15-16-24(29(33)34-6-2)26(19-21)35-20(3)4/h8-9,13-16,19-20,23,27H,5-7,10-12,17-18H2,1-4H3,(H2,30,32). The molecule has 1 fully saturated rings. The predicted molar refractivity (Wildman–Crippen MR) is 140 cm³/mol. The van der Waals surface area contributed by atoms with Crippen molar-refractivity contribution in [3.63, 3.8) is 0 Å². The zero-order valence-electron chi connectivity index (χ0n) is 21.6. The minimum Gasteiger partial charge on any atom is -0.490 e. The van der Waals surface area contributed by atoms with Crippen LogP contribution in [0.3, 0.4) is 0 Å². The molecular formula is C29H40N2O4. The number of para-hydroxylation sites is 1. The van der Waals surface area contributed by atoms with Crippen molar-refractivity contribution in [1.82, 2.24) is 0 Å². The molecule has 0 spiro atoms. The van der Waals surface area contributed by atoms with E-state index in [2.05, 4.69) is 30.0 Å². The lowest BCUT2D eigenvalue weighted by Gasteiger charge is -2.34. The van der Waals surface area contributed by atoms with Gasteiger partial charge in [0.1, 0.15) is 11.3 Å². The lowest BCUT2D eigenvalue weighted by atomic mass is 9.77. The molecule has 190 valence electrons. The number of nitrogens with two attached hydrogens (primary N) is 1. The van der Waals surface area contributed by atoms with Gasteiger partial charge in [-0.1, -0.05) is 37.6 Å². The summed E-state index contributed by atoms with van der Waals surface area (Å²) in [4.78, 5) is 28.0. The molecule has 2 atom stereocenters. The molecule has 35 heavy (non-hydrogen) atoms. The summed E-state index contributed by atoms with van der Waals surface area (Å²) in [6, 6.07) is 13.7. The van der Waals surface area contributed by atoms with Crippen molar-refractivity contribution in [2.45, 2.75) is 77.7 Å². The number of carbonyl (C=O) groups excluding carboxylic acids is 2. The van der Waals surface area contributed by atoms with Crippen LogP contribution >= 0.6 is 0 Å². The first-order valence-electron chi connectivity index (χ1n) is 13.0. The van der Waals surface area contributed by atoms with Gasteiger partial charge in [0.25, 0.3) is 0 Å². The topological polar surface area (TPSA) is 81.9 Å².